The summed E-state index contributed by atoms with van der Waals surface area (Å²) >= 11 is 14.5. The Hall–Kier alpha value is -2.85. The van der Waals surface area contributed by atoms with Crippen molar-refractivity contribution in [2.75, 3.05) is 0 Å². The smallest absolute Gasteiger partial charge is 0.00991 e. The zero-order chi connectivity index (χ0) is 34.4. The van der Waals surface area contributed by atoms with Crippen LogP contribution in [0.3, 0.4) is 0 Å². The van der Waals surface area contributed by atoms with Crippen molar-refractivity contribution >= 4 is 48.2 Å². The van der Waals surface area contributed by atoms with Gasteiger partial charge >= 0.3 is 0 Å². The first-order valence-electron chi connectivity index (χ1n) is 16.8. The summed E-state index contributed by atoms with van der Waals surface area (Å²) in [6.07, 6.45) is 0. The molecule has 4 aromatic rings. The lowest BCUT2D eigenvalue weighted by atomic mass is 9.85. The highest BCUT2D eigenvalue weighted by molar-refractivity contribution is 8.19. The molecule has 0 heterocycles. The molecule has 47 heavy (non-hydrogen) atoms. The molecule has 0 bridgehead atoms. The van der Waals surface area contributed by atoms with Crippen LogP contribution in [0.2, 0.25) is 0 Å². The van der Waals surface area contributed by atoms with Gasteiger partial charge in [-0.3, -0.25) is 0 Å². The molecule has 244 valence electrons. The fraction of sp³-hybridized carbons (Fsp3) is 0.364. The van der Waals surface area contributed by atoms with Gasteiger partial charge in [0.15, 0.2) is 0 Å². The van der Waals surface area contributed by atoms with Crippen LogP contribution in [0.1, 0.15) is 128 Å². The van der Waals surface area contributed by atoms with Crippen LogP contribution < -0.4 is 0 Å². The summed E-state index contributed by atoms with van der Waals surface area (Å²) in [7, 11) is 0. The van der Waals surface area contributed by atoms with Gasteiger partial charge in [-0.05, 0) is 99.6 Å². The van der Waals surface area contributed by atoms with Gasteiger partial charge in [-0.15, -0.1) is 20.2 Å². The normalized spacial score (nSPS) is 14.1. The Morgan fingerprint density at radius 1 is 0.362 bits per heavy atom. The number of benzene rings is 4. The predicted octanol–water partition coefficient (Wildman–Crippen LogP) is 12.8. The molecule has 0 atom stereocenters. The lowest BCUT2D eigenvalue weighted by Gasteiger charge is -2.27. The van der Waals surface area contributed by atoms with Crippen molar-refractivity contribution in [3.8, 4) is 22.3 Å². The van der Waals surface area contributed by atoms with Crippen molar-refractivity contribution in [1.29, 1.82) is 0 Å². The van der Waals surface area contributed by atoms with Crippen molar-refractivity contribution in [1.82, 2.24) is 0 Å². The summed E-state index contributed by atoms with van der Waals surface area (Å²) < 4.78 is 1.68. The summed E-state index contributed by atoms with van der Waals surface area (Å²) in [4.78, 5) is 0. The maximum atomic E-state index is 6.44. The molecule has 0 radical (unpaired) electrons. The van der Waals surface area contributed by atoms with Crippen molar-refractivity contribution < 1.29 is 0 Å². The van der Waals surface area contributed by atoms with Crippen molar-refractivity contribution in [2.24, 2.45) is 0 Å². The van der Waals surface area contributed by atoms with E-state index in [1.807, 2.05) is 0 Å². The maximum Gasteiger partial charge on any atom is -0.00991 e. The number of hydrogen-bond acceptors (Lipinski definition) is 3. The molecule has 3 heteroatoms. The third-order valence-electron chi connectivity index (χ3n) is 9.79. The second-order valence-corrected chi connectivity index (χ2v) is 19.8. The van der Waals surface area contributed by atoms with Crippen LogP contribution in [0.4, 0.5) is 0 Å². The molecule has 0 fully saturated rings. The molecule has 0 saturated heterocycles. The third-order valence-corrected chi connectivity index (χ3v) is 11.5. The van der Waals surface area contributed by atoms with E-state index in [9.17, 15) is 0 Å². The Labute approximate surface area is 299 Å². The molecule has 0 aliphatic heterocycles. The molecular formula is C44H48S3-2. The fourth-order valence-corrected chi connectivity index (χ4v) is 8.64. The Balaban J connectivity index is 1.59. The van der Waals surface area contributed by atoms with Gasteiger partial charge in [-0.25, -0.2) is 0 Å². The largest absolute Gasteiger partial charge is 0.772 e. The zero-order valence-electron chi connectivity index (χ0n) is 30.2. The quantitative estimate of drug-likeness (QED) is 0.168. The second-order valence-electron chi connectivity index (χ2n) is 17.5. The maximum absolute atomic E-state index is 6.44. The van der Waals surface area contributed by atoms with Crippen LogP contribution >= 0.6 is 11.8 Å². The van der Waals surface area contributed by atoms with Crippen LogP contribution in [0.5, 0.6) is 0 Å². The lowest BCUT2D eigenvalue weighted by molar-refractivity contribution is 0.590. The summed E-state index contributed by atoms with van der Waals surface area (Å²) in [6, 6.07) is 27.8. The molecule has 0 unspecified atom stereocenters. The number of thioether (sulfide) groups is 1. The van der Waals surface area contributed by atoms with Crippen molar-refractivity contribution in [3.63, 3.8) is 0 Å². The Kier molecular flexibility index (Phi) is 8.22. The predicted molar refractivity (Wildman–Crippen MR) is 213 cm³/mol. The number of rotatable bonds is 2. The van der Waals surface area contributed by atoms with Crippen molar-refractivity contribution in [3.05, 3.63) is 126 Å². The minimum Gasteiger partial charge on any atom is -0.772 e. The average molecular weight is 673 g/mol. The van der Waals surface area contributed by atoms with E-state index in [0.29, 0.717) is 0 Å². The zero-order valence-corrected chi connectivity index (χ0v) is 32.6. The van der Waals surface area contributed by atoms with E-state index in [0.717, 1.165) is 19.6 Å². The van der Waals surface area contributed by atoms with Crippen LogP contribution in [-0.2, 0) is 46.9 Å². The molecule has 0 amide bonds. The number of hydrogen-bond donors (Lipinski definition) is 0. The van der Waals surface area contributed by atoms with Gasteiger partial charge in [0, 0.05) is 0 Å². The van der Waals surface area contributed by atoms with E-state index >= 15 is 0 Å². The van der Waals surface area contributed by atoms with Crippen LogP contribution in [-0.4, -0.2) is 0 Å². The highest BCUT2D eigenvalue weighted by Crippen LogP contribution is 2.53. The van der Waals surface area contributed by atoms with E-state index in [2.05, 4.69) is 156 Å². The highest BCUT2D eigenvalue weighted by Gasteiger charge is 2.30. The molecule has 0 N–H and O–H groups in total. The van der Waals surface area contributed by atoms with Gasteiger partial charge in [0.25, 0.3) is 0 Å². The van der Waals surface area contributed by atoms with E-state index in [4.69, 9.17) is 25.3 Å². The molecule has 6 rings (SSSR count). The first-order chi connectivity index (χ1) is 21.7. The number of fused-ring (bicyclic) bond motifs is 6. The molecule has 0 spiro atoms. The molecular weight excluding hydrogens is 625 g/mol. The topological polar surface area (TPSA) is 0 Å². The average Bonchev–Trinajstić information content (AvgIpc) is 3.46. The standard InChI is InChI=1S/C44H50S3/c1-41(2,3)25-13-17-29-30-18-14-26(42(4,5)6)22-34(30)37(33(29)21-25)39(45)47-40(46)38-35-23-27(43(7,8)9)15-19-31(35)32-20-16-28(24-36(32)38)44(10,11)12/h13-24,45-46H,1-12H3/p-2. The summed E-state index contributed by atoms with van der Waals surface area (Å²) in [5.41, 5.74) is 17.5. The minimum atomic E-state index is 0.0260. The van der Waals surface area contributed by atoms with E-state index in [1.54, 1.807) is 11.8 Å². The van der Waals surface area contributed by atoms with Crippen LogP contribution in [0, 0.1) is 0 Å². The van der Waals surface area contributed by atoms with Gasteiger partial charge in [-0.2, -0.15) is 0 Å². The summed E-state index contributed by atoms with van der Waals surface area (Å²) in [6.45, 7) is 27.3. The summed E-state index contributed by atoms with van der Waals surface area (Å²) in [5.74, 6) is 0. The van der Waals surface area contributed by atoms with E-state index in [1.165, 1.54) is 66.8 Å². The molecule has 4 aromatic carbocycles. The Morgan fingerprint density at radius 2 is 0.574 bits per heavy atom. The van der Waals surface area contributed by atoms with Crippen LogP contribution in [0.25, 0.3) is 33.4 Å². The SMILES string of the molecule is CC(C)(C)c1ccc2c(c1)C(=C([S-])SC([S-])=C1c3cc(C(C)(C)C)ccc3-c3ccc(C(C)(C)C)cc31)c1cc(C(C)(C)C)ccc1-2. The van der Waals surface area contributed by atoms with Gasteiger partial charge in [0.1, 0.15) is 0 Å². The van der Waals surface area contributed by atoms with Crippen LogP contribution in [0.15, 0.2) is 81.3 Å². The minimum absolute atomic E-state index is 0.0260. The monoisotopic (exact) mass is 672 g/mol. The lowest BCUT2D eigenvalue weighted by Crippen LogP contribution is -2.11. The molecule has 0 aromatic heterocycles. The summed E-state index contributed by atoms with van der Waals surface area (Å²) in [5, 5.41) is 0. The highest BCUT2D eigenvalue weighted by atomic mass is 32.2. The third kappa shape index (κ3) is 6.13. The van der Waals surface area contributed by atoms with Crippen molar-refractivity contribution in [2.45, 2.75) is 105 Å². The van der Waals surface area contributed by atoms with Gasteiger partial charge < -0.3 is 25.3 Å². The van der Waals surface area contributed by atoms with Gasteiger partial charge in [0.05, 0.1) is 0 Å². The molecule has 0 nitrogen and oxygen atoms in total. The van der Waals surface area contributed by atoms with Gasteiger partial charge in [-0.1, -0.05) is 156 Å². The molecule has 0 saturated carbocycles. The molecule has 2 aliphatic rings. The van der Waals surface area contributed by atoms with E-state index in [-0.39, 0.29) is 21.7 Å². The first-order valence-corrected chi connectivity index (χ1v) is 18.4. The second kappa shape index (κ2) is 11.4. The Morgan fingerprint density at radius 3 is 0.766 bits per heavy atom. The van der Waals surface area contributed by atoms with E-state index < -0.39 is 0 Å². The fourth-order valence-electron chi connectivity index (χ4n) is 6.73. The molecule has 2 aliphatic carbocycles. The first kappa shape index (κ1) is 34.0. The van der Waals surface area contributed by atoms with Gasteiger partial charge in [0.2, 0.25) is 0 Å². The Bertz CT molecular complexity index is 1710.